The Kier molecular flexibility index (Phi) is 6.68. The molecule has 4 heterocycles. The largest absolute Gasteiger partial charge is 0.497 e. The van der Waals surface area contributed by atoms with Crippen molar-refractivity contribution in [3.8, 4) is 5.75 Å². The number of aromatic nitrogens is 5. The second-order valence-electron chi connectivity index (χ2n) is 9.02. The smallest absolute Gasteiger partial charge is 0.252 e. The summed E-state index contributed by atoms with van der Waals surface area (Å²) in [6.07, 6.45) is 3.28. The molecule has 10 heteroatoms. The van der Waals surface area contributed by atoms with E-state index in [9.17, 15) is 4.79 Å². The molecule has 0 saturated carbocycles. The molecule has 36 heavy (non-hydrogen) atoms. The second-order valence-corrected chi connectivity index (χ2v) is 9.02. The highest BCUT2D eigenvalue weighted by atomic mass is 16.5. The van der Waals surface area contributed by atoms with Gasteiger partial charge in [0.05, 0.1) is 37.7 Å². The summed E-state index contributed by atoms with van der Waals surface area (Å²) in [6, 6.07) is 14.9. The number of fused-ring (bicyclic) bond motifs is 1. The van der Waals surface area contributed by atoms with E-state index >= 15 is 0 Å². The van der Waals surface area contributed by atoms with Crippen molar-refractivity contribution in [1.82, 2.24) is 30.1 Å². The Morgan fingerprint density at radius 2 is 1.83 bits per heavy atom. The zero-order chi connectivity index (χ0) is 25.1. The monoisotopic (exact) mass is 488 g/mol. The summed E-state index contributed by atoms with van der Waals surface area (Å²) in [4.78, 5) is 18.3. The van der Waals surface area contributed by atoms with Crippen LogP contribution < -0.4 is 10.3 Å². The van der Waals surface area contributed by atoms with Crippen LogP contribution in [0, 0.1) is 5.92 Å². The lowest BCUT2D eigenvalue weighted by atomic mass is 10.00. The maximum atomic E-state index is 13.1. The molecule has 0 aliphatic rings. The standard InChI is InChI=1S/C26H28N6O4/c1-17(2)24(25-28-29-30-32(25)16-22-7-5-11-36-22)31(15-21-6-4-10-35-21)14-19-12-18-8-9-20(34-3)13-23(18)27-26(19)33/h4-13,17,24H,14-16H2,1-3H3,(H,27,33)/t24-/m1/s1. The van der Waals surface area contributed by atoms with Crippen molar-refractivity contribution in [1.29, 1.82) is 0 Å². The van der Waals surface area contributed by atoms with Gasteiger partial charge in [-0.05, 0) is 64.2 Å². The molecule has 1 N–H and O–H groups in total. The number of ether oxygens (including phenoxy) is 1. The maximum absolute atomic E-state index is 13.1. The molecule has 5 aromatic rings. The Bertz CT molecular complexity index is 1470. The molecular weight excluding hydrogens is 460 g/mol. The molecule has 0 aliphatic heterocycles. The van der Waals surface area contributed by atoms with Gasteiger partial charge in [0.2, 0.25) is 0 Å². The molecule has 0 radical (unpaired) electrons. The topological polar surface area (TPSA) is 115 Å². The zero-order valence-electron chi connectivity index (χ0n) is 20.4. The fourth-order valence-corrected chi connectivity index (χ4v) is 4.51. The average Bonchev–Trinajstić information content (AvgIpc) is 3.64. The molecule has 0 bridgehead atoms. The first-order chi connectivity index (χ1) is 17.5. The fourth-order valence-electron chi connectivity index (χ4n) is 4.51. The van der Waals surface area contributed by atoms with E-state index in [1.807, 2.05) is 48.5 Å². The number of nitrogens with zero attached hydrogens (tertiary/aromatic N) is 5. The summed E-state index contributed by atoms with van der Waals surface area (Å²) in [5, 5.41) is 13.5. The molecule has 0 aliphatic carbocycles. The van der Waals surface area contributed by atoms with Crippen LogP contribution in [0.15, 0.2) is 74.7 Å². The number of aromatic amines is 1. The lowest BCUT2D eigenvalue weighted by molar-refractivity contribution is 0.116. The van der Waals surface area contributed by atoms with E-state index in [0.717, 1.165) is 22.4 Å². The van der Waals surface area contributed by atoms with Gasteiger partial charge in [-0.1, -0.05) is 13.8 Å². The van der Waals surface area contributed by atoms with Crippen LogP contribution in [0.2, 0.25) is 0 Å². The minimum absolute atomic E-state index is 0.130. The highest BCUT2D eigenvalue weighted by Gasteiger charge is 2.31. The van der Waals surface area contributed by atoms with Crippen LogP contribution in [0.25, 0.3) is 10.9 Å². The normalized spacial score (nSPS) is 12.6. The quantitative estimate of drug-likeness (QED) is 0.312. The molecule has 0 fully saturated rings. The van der Waals surface area contributed by atoms with Gasteiger partial charge < -0.3 is 18.6 Å². The second kappa shape index (κ2) is 10.2. The molecule has 0 saturated heterocycles. The lowest BCUT2D eigenvalue weighted by Gasteiger charge is -2.32. The predicted octanol–water partition coefficient (Wildman–Crippen LogP) is 4.16. The van der Waals surface area contributed by atoms with Crippen LogP contribution in [0.3, 0.4) is 0 Å². The molecule has 0 unspecified atom stereocenters. The Morgan fingerprint density at radius 3 is 2.53 bits per heavy atom. The predicted molar refractivity (Wildman–Crippen MR) is 132 cm³/mol. The van der Waals surface area contributed by atoms with Crippen molar-refractivity contribution >= 4 is 10.9 Å². The minimum atomic E-state index is -0.203. The molecule has 0 amide bonds. The number of methoxy groups -OCH3 is 1. The molecule has 10 nitrogen and oxygen atoms in total. The number of hydrogen-bond acceptors (Lipinski definition) is 8. The van der Waals surface area contributed by atoms with Crippen LogP contribution in [-0.4, -0.2) is 37.2 Å². The molecule has 5 rings (SSSR count). The third-order valence-corrected chi connectivity index (χ3v) is 6.18. The number of benzene rings is 1. The number of furan rings is 2. The summed E-state index contributed by atoms with van der Waals surface area (Å²) in [5.41, 5.74) is 1.20. The third-order valence-electron chi connectivity index (χ3n) is 6.18. The highest BCUT2D eigenvalue weighted by molar-refractivity contribution is 5.80. The number of H-pyrrole nitrogens is 1. The van der Waals surface area contributed by atoms with E-state index in [1.54, 1.807) is 24.3 Å². The van der Waals surface area contributed by atoms with Crippen molar-refractivity contribution in [2.24, 2.45) is 5.92 Å². The van der Waals surface area contributed by atoms with Crippen LogP contribution in [-0.2, 0) is 19.6 Å². The number of nitrogens with one attached hydrogen (secondary N) is 1. The van der Waals surface area contributed by atoms with Crippen LogP contribution in [0.1, 0.15) is 42.8 Å². The van der Waals surface area contributed by atoms with E-state index in [4.69, 9.17) is 13.6 Å². The van der Waals surface area contributed by atoms with E-state index in [2.05, 4.69) is 39.3 Å². The van der Waals surface area contributed by atoms with Gasteiger partial charge in [-0.2, -0.15) is 0 Å². The van der Waals surface area contributed by atoms with Crippen LogP contribution in [0.4, 0.5) is 0 Å². The average molecular weight is 489 g/mol. The molecule has 186 valence electrons. The van der Waals surface area contributed by atoms with Crippen LogP contribution in [0.5, 0.6) is 5.75 Å². The Labute approximate surface area is 207 Å². The van der Waals surface area contributed by atoms with Gasteiger partial charge in [0, 0.05) is 18.2 Å². The lowest BCUT2D eigenvalue weighted by Crippen LogP contribution is -2.35. The van der Waals surface area contributed by atoms with E-state index < -0.39 is 0 Å². The number of pyridine rings is 1. The van der Waals surface area contributed by atoms with Crippen molar-refractivity contribution in [3.63, 3.8) is 0 Å². The Hall–Kier alpha value is -4.18. The van der Waals surface area contributed by atoms with Crippen molar-refractivity contribution in [2.75, 3.05) is 7.11 Å². The zero-order valence-corrected chi connectivity index (χ0v) is 20.4. The fraction of sp³-hybridized carbons (Fsp3) is 0.308. The van der Waals surface area contributed by atoms with Gasteiger partial charge >= 0.3 is 0 Å². The molecule has 0 spiro atoms. The minimum Gasteiger partial charge on any atom is -0.497 e. The van der Waals surface area contributed by atoms with Gasteiger partial charge in [-0.3, -0.25) is 9.69 Å². The van der Waals surface area contributed by atoms with E-state index in [1.165, 1.54) is 0 Å². The first kappa shape index (κ1) is 23.6. The van der Waals surface area contributed by atoms with Crippen molar-refractivity contribution in [2.45, 2.75) is 39.5 Å². The third kappa shape index (κ3) is 4.94. The number of hydrogen-bond donors (Lipinski definition) is 1. The van der Waals surface area contributed by atoms with Crippen LogP contribution >= 0.6 is 0 Å². The summed E-state index contributed by atoms with van der Waals surface area (Å²) >= 11 is 0. The number of rotatable bonds is 10. The van der Waals surface area contributed by atoms with Gasteiger partial charge in [-0.25, -0.2) is 4.68 Å². The maximum Gasteiger partial charge on any atom is 0.252 e. The SMILES string of the molecule is COc1ccc2cc(CN(Cc3ccco3)[C@@H](c3nnnn3Cc3ccco3)C(C)C)c(=O)[nH]c2c1. The van der Waals surface area contributed by atoms with E-state index in [0.29, 0.717) is 36.8 Å². The number of tetrazole rings is 1. The van der Waals surface area contributed by atoms with Crippen molar-refractivity contribution in [3.05, 3.63) is 94.3 Å². The Morgan fingerprint density at radius 1 is 1.06 bits per heavy atom. The Balaban J connectivity index is 1.53. The molecule has 1 aromatic carbocycles. The first-order valence-electron chi connectivity index (χ1n) is 11.8. The van der Waals surface area contributed by atoms with Gasteiger partial charge in [0.15, 0.2) is 5.82 Å². The molecular formula is C26H28N6O4. The molecule has 4 aromatic heterocycles. The van der Waals surface area contributed by atoms with E-state index in [-0.39, 0.29) is 17.5 Å². The summed E-state index contributed by atoms with van der Waals surface area (Å²) in [5.74, 6) is 3.05. The summed E-state index contributed by atoms with van der Waals surface area (Å²) in [6.45, 7) is 5.48. The van der Waals surface area contributed by atoms with Gasteiger partial charge in [0.25, 0.3) is 5.56 Å². The first-order valence-corrected chi connectivity index (χ1v) is 11.8. The summed E-state index contributed by atoms with van der Waals surface area (Å²) < 4.78 is 18.2. The highest BCUT2D eigenvalue weighted by Crippen LogP contribution is 2.31. The van der Waals surface area contributed by atoms with Gasteiger partial charge in [0.1, 0.15) is 23.8 Å². The molecule has 1 atom stereocenters. The van der Waals surface area contributed by atoms with Crippen molar-refractivity contribution < 1.29 is 13.6 Å². The summed E-state index contributed by atoms with van der Waals surface area (Å²) in [7, 11) is 1.60. The van der Waals surface area contributed by atoms with Gasteiger partial charge in [-0.15, -0.1) is 5.10 Å².